The topological polar surface area (TPSA) is 105 Å². The first-order valence-electron chi connectivity index (χ1n) is 17.9. The molecule has 0 radical (unpaired) electrons. The Balaban J connectivity index is 1.17. The van der Waals surface area contributed by atoms with E-state index in [0.29, 0.717) is 52.7 Å². The van der Waals surface area contributed by atoms with Gasteiger partial charge in [0, 0.05) is 31.4 Å². The SMILES string of the molecule is COc1ccccc1COCCCOc1ccc(C2CCN(C(=O)OCc3ccccc3)CC2OCc2ccc(C)c(OCCNC(C)=O)c2)cc1. The number of para-hydroxylation sites is 1. The van der Waals surface area contributed by atoms with E-state index in [4.69, 9.17) is 28.4 Å². The summed E-state index contributed by atoms with van der Waals surface area (Å²) in [5.41, 5.74) is 5.04. The molecule has 1 heterocycles. The molecular weight excluding hydrogens is 660 g/mol. The molecule has 0 spiro atoms. The molecule has 1 aliphatic rings. The Morgan fingerprint density at radius 2 is 1.60 bits per heavy atom. The molecular formula is C42H50N2O8. The second-order valence-electron chi connectivity index (χ2n) is 12.8. The molecule has 52 heavy (non-hydrogen) atoms. The van der Waals surface area contributed by atoms with Gasteiger partial charge >= 0.3 is 6.09 Å². The third kappa shape index (κ3) is 11.7. The largest absolute Gasteiger partial charge is 0.496 e. The summed E-state index contributed by atoms with van der Waals surface area (Å²) in [6.45, 7) is 7.39. The molecule has 2 unspecified atom stereocenters. The van der Waals surface area contributed by atoms with Gasteiger partial charge in [-0.25, -0.2) is 4.79 Å². The number of ether oxygens (including phenoxy) is 6. The van der Waals surface area contributed by atoms with E-state index < -0.39 is 0 Å². The Bertz CT molecular complexity index is 1700. The van der Waals surface area contributed by atoms with E-state index in [9.17, 15) is 9.59 Å². The number of piperidine rings is 1. The zero-order valence-corrected chi connectivity index (χ0v) is 30.4. The van der Waals surface area contributed by atoms with Crippen molar-refractivity contribution in [3.05, 3.63) is 125 Å². The van der Waals surface area contributed by atoms with E-state index in [0.717, 1.165) is 57.9 Å². The lowest BCUT2D eigenvalue weighted by Crippen LogP contribution is -2.47. The molecule has 1 saturated heterocycles. The van der Waals surface area contributed by atoms with Crippen molar-refractivity contribution < 1.29 is 38.0 Å². The monoisotopic (exact) mass is 710 g/mol. The van der Waals surface area contributed by atoms with Gasteiger partial charge in [0.25, 0.3) is 0 Å². The van der Waals surface area contributed by atoms with Crippen LogP contribution in [-0.2, 0) is 38.8 Å². The van der Waals surface area contributed by atoms with Crippen molar-refractivity contribution in [3.63, 3.8) is 0 Å². The predicted octanol–water partition coefficient (Wildman–Crippen LogP) is 7.22. The van der Waals surface area contributed by atoms with E-state index in [2.05, 4.69) is 17.4 Å². The van der Waals surface area contributed by atoms with Gasteiger partial charge in [0.1, 0.15) is 30.5 Å². The van der Waals surface area contributed by atoms with Gasteiger partial charge in [-0.1, -0.05) is 72.8 Å². The van der Waals surface area contributed by atoms with Gasteiger partial charge in [-0.2, -0.15) is 0 Å². The lowest BCUT2D eigenvalue weighted by molar-refractivity contribution is -0.119. The highest BCUT2D eigenvalue weighted by molar-refractivity contribution is 5.72. The smallest absolute Gasteiger partial charge is 0.410 e. The van der Waals surface area contributed by atoms with Gasteiger partial charge in [-0.05, 0) is 59.9 Å². The fourth-order valence-electron chi connectivity index (χ4n) is 6.09. The van der Waals surface area contributed by atoms with E-state index in [1.165, 1.54) is 6.92 Å². The predicted molar refractivity (Wildman–Crippen MR) is 199 cm³/mol. The van der Waals surface area contributed by atoms with Crippen molar-refractivity contribution in [2.45, 2.75) is 58.5 Å². The first-order chi connectivity index (χ1) is 25.4. The van der Waals surface area contributed by atoms with Crippen LogP contribution in [0.5, 0.6) is 17.2 Å². The van der Waals surface area contributed by atoms with Gasteiger partial charge in [0.05, 0.1) is 52.7 Å². The van der Waals surface area contributed by atoms with E-state index >= 15 is 0 Å². The van der Waals surface area contributed by atoms with Gasteiger partial charge < -0.3 is 38.6 Å². The molecule has 4 aromatic rings. The number of hydrogen-bond donors (Lipinski definition) is 1. The maximum atomic E-state index is 13.2. The standard InChI is InChI=1S/C42H50N2O8/c1-31-14-15-34(26-40(31)50-25-21-43-32(2)45)29-51-41-27-44(42(46)52-28-33-10-5-4-6-11-33)22-20-38(41)35-16-18-37(19-17-35)49-24-9-23-48-30-36-12-7-8-13-39(36)47-3/h4-8,10-19,26,38,41H,9,20-25,27-30H2,1-3H3,(H,43,45). The fraction of sp³-hybridized carbons (Fsp3) is 0.381. The summed E-state index contributed by atoms with van der Waals surface area (Å²) in [6, 6.07) is 31.7. The molecule has 4 aromatic carbocycles. The highest BCUT2D eigenvalue weighted by Gasteiger charge is 2.34. The second-order valence-corrected chi connectivity index (χ2v) is 12.8. The number of aryl methyl sites for hydroxylation is 1. The van der Waals surface area contributed by atoms with Crippen LogP contribution in [0.4, 0.5) is 4.79 Å². The van der Waals surface area contributed by atoms with Gasteiger partial charge in [-0.15, -0.1) is 0 Å². The Kier molecular flexibility index (Phi) is 14.8. The van der Waals surface area contributed by atoms with Crippen molar-refractivity contribution in [1.82, 2.24) is 10.2 Å². The van der Waals surface area contributed by atoms with Crippen molar-refractivity contribution in [1.29, 1.82) is 0 Å². The molecule has 1 fully saturated rings. The van der Waals surface area contributed by atoms with Crippen molar-refractivity contribution in [2.24, 2.45) is 0 Å². The molecule has 0 bridgehead atoms. The van der Waals surface area contributed by atoms with E-state index in [-0.39, 0.29) is 30.6 Å². The molecule has 5 rings (SSSR count). The first-order valence-corrected chi connectivity index (χ1v) is 17.9. The first kappa shape index (κ1) is 38.2. The summed E-state index contributed by atoms with van der Waals surface area (Å²) >= 11 is 0. The average molecular weight is 711 g/mol. The van der Waals surface area contributed by atoms with Gasteiger partial charge in [-0.3, -0.25) is 4.79 Å². The summed E-state index contributed by atoms with van der Waals surface area (Å²) in [7, 11) is 1.66. The number of rotatable bonds is 18. The number of hydrogen-bond acceptors (Lipinski definition) is 8. The number of benzene rings is 4. The summed E-state index contributed by atoms with van der Waals surface area (Å²) in [5, 5.41) is 2.75. The minimum atomic E-state index is -0.350. The minimum Gasteiger partial charge on any atom is -0.496 e. The third-order valence-corrected chi connectivity index (χ3v) is 8.93. The Morgan fingerprint density at radius 1 is 0.808 bits per heavy atom. The minimum absolute atomic E-state index is 0.0643. The van der Waals surface area contributed by atoms with Crippen LogP contribution in [0, 0.1) is 6.92 Å². The molecule has 2 amide bonds. The van der Waals surface area contributed by atoms with Crippen molar-refractivity contribution >= 4 is 12.0 Å². The Labute approximate surface area is 306 Å². The van der Waals surface area contributed by atoms with Crippen LogP contribution in [-0.4, -0.2) is 69.6 Å². The van der Waals surface area contributed by atoms with Crippen molar-refractivity contribution in [3.8, 4) is 17.2 Å². The molecule has 0 aromatic heterocycles. The highest BCUT2D eigenvalue weighted by atomic mass is 16.6. The number of nitrogens with one attached hydrogen (secondary N) is 1. The normalized spacial score (nSPS) is 15.5. The molecule has 10 heteroatoms. The molecule has 10 nitrogen and oxygen atoms in total. The number of amides is 2. The van der Waals surface area contributed by atoms with Crippen LogP contribution in [0.15, 0.2) is 97.1 Å². The number of carbonyl (C=O) groups is 2. The lowest BCUT2D eigenvalue weighted by atomic mass is 9.87. The van der Waals surface area contributed by atoms with Crippen LogP contribution >= 0.6 is 0 Å². The molecule has 1 aliphatic heterocycles. The van der Waals surface area contributed by atoms with Crippen molar-refractivity contribution in [2.75, 3.05) is 46.6 Å². The van der Waals surface area contributed by atoms with Gasteiger partial charge in [0.15, 0.2) is 0 Å². The highest BCUT2D eigenvalue weighted by Crippen LogP contribution is 2.33. The van der Waals surface area contributed by atoms with Crippen LogP contribution in [0.1, 0.15) is 53.5 Å². The zero-order chi connectivity index (χ0) is 36.5. The Morgan fingerprint density at radius 3 is 2.38 bits per heavy atom. The van der Waals surface area contributed by atoms with Crippen LogP contribution < -0.4 is 19.5 Å². The summed E-state index contributed by atoms with van der Waals surface area (Å²) in [4.78, 5) is 26.1. The summed E-state index contributed by atoms with van der Waals surface area (Å²) < 4.78 is 35.5. The fourth-order valence-corrected chi connectivity index (χ4v) is 6.09. The average Bonchev–Trinajstić information content (AvgIpc) is 3.17. The quantitative estimate of drug-likeness (QED) is 0.108. The number of methoxy groups -OCH3 is 1. The van der Waals surface area contributed by atoms with Crippen LogP contribution in [0.25, 0.3) is 0 Å². The number of likely N-dealkylation sites (tertiary alicyclic amines) is 1. The molecule has 2 atom stereocenters. The second kappa shape index (κ2) is 20.1. The van der Waals surface area contributed by atoms with Crippen LogP contribution in [0.3, 0.4) is 0 Å². The summed E-state index contributed by atoms with van der Waals surface area (Å²) in [5.74, 6) is 2.33. The van der Waals surface area contributed by atoms with Gasteiger partial charge in [0.2, 0.25) is 5.91 Å². The molecule has 276 valence electrons. The van der Waals surface area contributed by atoms with E-state index in [1.807, 2.05) is 91.9 Å². The maximum absolute atomic E-state index is 13.2. The zero-order valence-electron chi connectivity index (χ0n) is 30.4. The number of nitrogens with zero attached hydrogens (tertiary/aromatic N) is 1. The summed E-state index contributed by atoms with van der Waals surface area (Å²) in [6.07, 6.45) is 0.861. The van der Waals surface area contributed by atoms with Crippen LogP contribution in [0.2, 0.25) is 0 Å². The van der Waals surface area contributed by atoms with E-state index in [1.54, 1.807) is 12.0 Å². The Hall–Kier alpha value is -5.06. The maximum Gasteiger partial charge on any atom is 0.410 e. The number of carbonyl (C=O) groups excluding carboxylic acids is 2. The molecule has 0 saturated carbocycles. The lowest BCUT2D eigenvalue weighted by Gasteiger charge is -2.38. The molecule has 0 aliphatic carbocycles. The molecule has 1 N–H and O–H groups in total. The third-order valence-electron chi connectivity index (χ3n) is 8.93.